The maximum absolute atomic E-state index is 12.8. The molecule has 0 bridgehead atoms. The lowest BCUT2D eigenvalue weighted by Crippen LogP contribution is -2.45. The highest BCUT2D eigenvalue weighted by atomic mass is 16.5. The molecule has 0 aromatic heterocycles. The van der Waals surface area contributed by atoms with E-state index in [1.165, 1.54) is 18.2 Å². The van der Waals surface area contributed by atoms with Crippen molar-refractivity contribution in [1.82, 2.24) is 10.2 Å². The number of aliphatic carboxylic acids is 1. The summed E-state index contributed by atoms with van der Waals surface area (Å²) in [5, 5.41) is 11.7. The number of carbonyl (C=O) groups is 3. The lowest BCUT2D eigenvalue weighted by Gasteiger charge is -2.33. The lowest BCUT2D eigenvalue weighted by molar-refractivity contribution is -0.144. The Hall–Kier alpha value is -3.39. The Morgan fingerprint density at radius 3 is 2.20 bits per heavy atom. The van der Waals surface area contributed by atoms with Crippen LogP contribution in [0.25, 0.3) is 11.1 Å². The number of likely N-dealkylation sites (tertiary alicyclic amines) is 1. The molecule has 4 rings (SSSR count). The highest BCUT2D eigenvalue weighted by Gasteiger charge is 2.30. The second-order valence-electron chi connectivity index (χ2n) is 9.13. The molecule has 1 aliphatic heterocycles. The minimum Gasteiger partial charge on any atom is -0.481 e. The third-order valence-electron chi connectivity index (χ3n) is 6.97. The van der Waals surface area contributed by atoms with E-state index in [0.717, 1.165) is 11.1 Å². The first-order valence-electron chi connectivity index (χ1n) is 12.1. The highest BCUT2D eigenvalue weighted by molar-refractivity contribution is 5.81. The summed E-state index contributed by atoms with van der Waals surface area (Å²) < 4.78 is 10.9. The zero-order chi connectivity index (χ0) is 24.8. The molecule has 0 spiro atoms. The van der Waals surface area contributed by atoms with Crippen molar-refractivity contribution in [3.8, 4) is 11.1 Å². The number of fused-ring (bicyclic) bond motifs is 3. The fraction of sp³-hybridized carbons (Fsp3) is 0.444. The number of methoxy groups -OCH3 is 1. The molecule has 1 atom stereocenters. The van der Waals surface area contributed by atoms with Crippen LogP contribution in [0.5, 0.6) is 0 Å². The number of amides is 2. The minimum absolute atomic E-state index is 0.00879. The van der Waals surface area contributed by atoms with Crippen molar-refractivity contribution in [3.05, 3.63) is 59.7 Å². The van der Waals surface area contributed by atoms with Crippen molar-refractivity contribution in [3.63, 3.8) is 0 Å². The van der Waals surface area contributed by atoms with Crippen LogP contribution in [0.4, 0.5) is 4.79 Å². The third-order valence-corrected chi connectivity index (χ3v) is 6.97. The van der Waals surface area contributed by atoms with Gasteiger partial charge in [0.15, 0.2) is 0 Å². The Kier molecular flexibility index (Phi) is 8.02. The first-order chi connectivity index (χ1) is 17.0. The SMILES string of the molecule is COC(CCNC(=O)OCC1c2ccccc2-c2ccccc21)C(=O)N1CCC(CC(=O)O)CC1. The predicted octanol–water partition coefficient (Wildman–Crippen LogP) is 3.64. The molecular weight excluding hydrogens is 448 g/mol. The van der Waals surface area contributed by atoms with Gasteiger partial charge in [0.1, 0.15) is 12.7 Å². The summed E-state index contributed by atoms with van der Waals surface area (Å²) in [6, 6.07) is 16.3. The van der Waals surface area contributed by atoms with Crippen LogP contribution in [-0.4, -0.2) is 67.4 Å². The summed E-state index contributed by atoms with van der Waals surface area (Å²) in [5.41, 5.74) is 4.65. The van der Waals surface area contributed by atoms with Gasteiger partial charge in [-0.25, -0.2) is 4.79 Å². The van der Waals surface area contributed by atoms with Crippen LogP contribution in [0.3, 0.4) is 0 Å². The van der Waals surface area contributed by atoms with Gasteiger partial charge in [-0.1, -0.05) is 48.5 Å². The van der Waals surface area contributed by atoms with Crippen molar-refractivity contribution in [2.45, 2.75) is 37.7 Å². The summed E-state index contributed by atoms with van der Waals surface area (Å²) in [5.74, 6) is -0.835. The van der Waals surface area contributed by atoms with Gasteiger partial charge in [0.25, 0.3) is 5.91 Å². The van der Waals surface area contributed by atoms with Gasteiger partial charge in [-0.2, -0.15) is 0 Å². The molecule has 1 unspecified atom stereocenters. The van der Waals surface area contributed by atoms with E-state index in [1.807, 2.05) is 24.3 Å². The standard InChI is InChI=1S/C27H32N2O6/c1-34-24(26(32)29-14-11-18(12-15-29)16-25(30)31)10-13-28-27(33)35-17-23-21-8-4-2-6-19(21)20-7-3-5-9-22(20)23/h2-9,18,23-24H,10-17H2,1H3,(H,28,33)(H,30,31). The molecule has 2 amide bonds. The van der Waals surface area contributed by atoms with E-state index < -0.39 is 18.2 Å². The van der Waals surface area contributed by atoms with Crippen molar-refractivity contribution < 1.29 is 29.0 Å². The summed E-state index contributed by atoms with van der Waals surface area (Å²) in [7, 11) is 1.48. The fourth-order valence-electron chi connectivity index (χ4n) is 5.10. The molecule has 2 aromatic rings. The number of carboxylic acid groups (broad SMARTS) is 1. The van der Waals surface area contributed by atoms with Crippen molar-refractivity contribution in [1.29, 1.82) is 0 Å². The van der Waals surface area contributed by atoms with Crippen LogP contribution in [-0.2, 0) is 19.1 Å². The van der Waals surface area contributed by atoms with Gasteiger partial charge < -0.3 is 24.8 Å². The molecule has 35 heavy (non-hydrogen) atoms. The molecule has 1 saturated heterocycles. The number of benzene rings is 2. The number of alkyl carbamates (subject to hydrolysis) is 1. The topological polar surface area (TPSA) is 105 Å². The number of rotatable bonds is 9. The smallest absolute Gasteiger partial charge is 0.407 e. The first-order valence-corrected chi connectivity index (χ1v) is 12.1. The number of carboxylic acids is 1. The van der Waals surface area contributed by atoms with Crippen LogP contribution in [0.15, 0.2) is 48.5 Å². The zero-order valence-corrected chi connectivity index (χ0v) is 19.9. The second-order valence-corrected chi connectivity index (χ2v) is 9.13. The van der Waals surface area contributed by atoms with Gasteiger partial charge in [0, 0.05) is 45.5 Å². The van der Waals surface area contributed by atoms with E-state index in [0.29, 0.717) is 32.4 Å². The summed E-state index contributed by atoms with van der Waals surface area (Å²) in [4.78, 5) is 37.8. The molecule has 186 valence electrons. The van der Waals surface area contributed by atoms with E-state index in [1.54, 1.807) is 4.90 Å². The molecule has 2 aliphatic rings. The van der Waals surface area contributed by atoms with Crippen molar-refractivity contribution in [2.24, 2.45) is 5.92 Å². The number of hydrogen-bond donors (Lipinski definition) is 2. The molecule has 0 radical (unpaired) electrons. The number of carbonyl (C=O) groups excluding carboxylic acids is 2. The Bertz CT molecular complexity index is 1020. The Balaban J connectivity index is 1.23. The molecular formula is C27H32N2O6. The van der Waals surface area contributed by atoms with Gasteiger partial charge >= 0.3 is 12.1 Å². The number of nitrogens with one attached hydrogen (secondary N) is 1. The minimum atomic E-state index is -0.802. The highest BCUT2D eigenvalue weighted by Crippen LogP contribution is 2.44. The number of ether oxygens (including phenoxy) is 2. The van der Waals surface area contributed by atoms with E-state index >= 15 is 0 Å². The largest absolute Gasteiger partial charge is 0.481 e. The monoisotopic (exact) mass is 480 g/mol. The zero-order valence-electron chi connectivity index (χ0n) is 19.9. The molecule has 8 nitrogen and oxygen atoms in total. The third kappa shape index (κ3) is 5.82. The molecule has 8 heteroatoms. The Morgan fingerprint density at radius 2 is 1.63 bits per heavy atom. The van der Waals surface area contributed by atoms with Crippen LogP contribution < -0.4 is 5.32 Å². The van der Waals surface area contributed by atoms with Crippen LogP contribution in [0.2, 0.25) is 0 Å². The lowest BCUT2D eigenvalue weighted by atomic mass is 9.93. The normalized spacial score (nSPS) is 16.3. The van der Waals surface area contributed by atoms with E-state index in [9.17, 15) is 14.4 Å². The average Bonchev–Trinajstić information content (AvgIpc) is 3.19. The molecule has 1 aliphatic carbocycles. The molecule has 1 fully saturated rings. The maximum atomic E-state index is 12.8. The predicted molar refractivity (Wildman–Crippen MR) is 130 cm³/mol. The summed E-state index contributed by atoms with van der Waals surface area (Å²) in [6.45, 7) is 1.53. The molecule has 0 saturated carbocycles. The molecule has 2 aromatic carbocycles. The van der Waals surface area contributed by atoms with Crippen molar-refractivity contribution in [2.75, 3.05) is 33.4 Å². The Morgan fingerprint density at radius 1 is 1.03 bits per heavy atom. The quantitative estimate of drug-likeness (QED) is 0.568. The van der Waals surface area contributed by atoms with Crippen LogP contribution >= 0.6 is 0 Å². The second kappa shape index (κ2) is 11.4. The summed E-state index contributed by atoms with van der Waals surface area (Å²) in [6.07, 6.45) is 0.622. The van der Waals surface area contributed by atoms with E-state index in [4.69, 9.17) is 14.6 Å². The van der Waals surface area contributed by atoms with Gasteiger partial charge in [0.05, 0.1) is 0 Å². The first kappa shape index (κ1) is 24.7. The van der Waals surface area contributed by atoms with E-state index in [2.05, 4.69) is 29.6 Å². The van der Waals surface area contributed by atoms with E-state index in [-0.39, 0.29) is 37.3 Å². The van der Waals surface area contributed by atoms with Gasteiger partial charge in [-0.05, 0) is 41.0 Å². The summed E-state index contributed by atoms with van der Waals surface area (Å²) >= 11 is 0. The number of nitrogens with zero attached hydrogens (tertiary/aromatic N) is 1. The fourth-order valence-corrected chi connectivity index (χ4v) is 5.10. The number of piperidine rings is 1. The van der Waals surface area contributed by atoms with Crippen LogP contribution in [0, 0.1) is 5.92 Å². The van der Waals surface area contributed by atoms with Gasteiger partial charge in [-0.15, -0.1) is 0 Å². The average molecular weight is 481 g/mol. The Labute approximate surface area is 205 Å². The molecule has 1 heterocycles. The van der Waals surface area contributed by atoms with Crippen molar-refractivity contribution >= 4 is 18.0 Å². The van der Waals surface area contributed by atoms with Crippen LogP contribution in [0.1, 0.15) is 42.7 Å². The number of hydrogen-bond acceptors (Lipinski definition) is 5. The van der Waals surface area contributed by atoms with Gasteiger partial charge in [0.2, 0.25) is 0 Å². The maximum Gasteiger partial charge on any atom is 0.407 e. The molecule has 2 N–H and O–H groups in total. The van der Waals surface area contributed by atoms with Gasteiger partial charge in [-0.3, -0.25) is 9.59 Å².